The fourth-order valence-corrected chi connectivity index (χ4v) is 3.68. The smallest absolute Gasteiger partial charge is 0.180 e. The lowest BCUT2D eigenvalue weighted by atomic mass is 9.81. The van der Waals surface area contributed by atoms with E-state index in [1.807, 2.05) is 0 Å². The van der Waals surface area contributed by atoms with Crippen LogP contribution in [-0.4, -0.2) is 36.7 Å². The van der Waals surface area contributed by atoms with E-state index < -0.39 is 0 Å². The second-order valence-corrected chi connectivity index (χ2v) is 6.31. The molecule has 110 valence electrons. The van der Waals surface area contributed by atoms with Crippen LogP contribution in [-0.2, 0) is 6.42 Å². The van der Waals surface area contributed by atoms with Gasteiger partial charge in [-0.05, 0) is 12.8 Å². The zero-order valence-electron chi connectivity index (χ0n) is 12.4. The van der Waals surface area contributed by atoms with Gasteiger partial charge >= 0.3 is 0 Å². The fourth-order valence-electron chi connectivity index (χ4n) is 3.68. The molecule has 0 spiro atoms. The molecule has 3 aliphatic heterocycles. The van der Waals surface area contributed by atoms with E-state index in [0.29, 0.717) is 5.54 Å². The quantitative estimate of drug-likeness (QED) is 0.779. The molecule has 1 atom stereocenters. The predicted octanol–water partition coefficient (Wildman–Crippen LogP) is 2.46. The van der Waals surface area contributed by atoms with E-state index in [1.165, 1.54) is 64.4 Å². The predicted molar refractivity (Wildman–Crippen MR) is 79.0 cm³/mol. The third-order valence-corrected chi connectivity index (χ3v) is 4.96. The molecule has 3 saturated heterocycles. The van der Waals surface area contributed by atoms with Gasteiger partial charge in [0.2, 0.25) is 0 Å². The van der Waals surface area contributed by atoms with Gasteiger partial charge in [-0.2, -0.15) is 4.90 Å². The third kappa shape index (κ3) is 3.23. The molecule has 4 rings (SSSR count). The minimum atomic E-state index is 0.469. The number of aromatic nitrogens is 1. The van der Waals surface area contributed by atoms with Gasteiger partial charge in [-0.3, -0.25) is 0 Å². The third-order valence-electron chi connectivity index (χ3n) is 4.96. The summed E-state index contributed by atoms with van der Waals surface area (Å²) in [6.45, 7) is 4.83. The zero-order valence-corrected chi connectivity index (χ0v) is 12.4. The van der Waals surface area contributed by atoms with E-state index in [9.17, 15) is 0 Å². The van der Waals surface area contributed by atoms with Crippen molar-refractivity contribution < 1.29 is 4.42 Å². The normalized spacial score (nSPS) is 29.8. The van der Waals surface area contributed by atoms with E-state index in [4.69, 9.17) is 4.42 Å². The van der Waals surface area contributed by atoms with E-state index in [2.05, 4.69) is 15.2 Å². The first-order valence-electron chi connectivity index (χ1n) is 8.14. The van der Waals surface area contributed by atoms with Gasteiger partial charge < -0.3 is 4.42 Å². The molecule has 1 aromatic heterocycles. The maximum Gasteiger partial charge on any atom is 0.180 e. The maximum absolute atomic E-state index is 5.00. The van der Waals surface area contributed by atoms with Crippen LogP contribution in [0, 0.1) is 0 Å². The standard InChI is InChI=1S/C10H14N2O.C6H12N/c1-2-10(3-5-12(10)4-1)6-9-7-13-8-11-9;1-2-4-6-7-5-3-1/h7-8H,1-6H2;1-6H2/q+1;. The summed E-state index contributed by atoms with van der Waals surface area (Å²) >= 11 is 0. The van der Waals surface area contributed by atoms with Gasteiger partial charge in [-0.1, -0.05) is 12.8 Å². The summed E-state index contributed by atoms with van der Waals surface area (Å²) in [5.41, 5.74) is 1.59. The first-order valence-corrected chi connectivity index (χ1v) is 8.14. The molecule has 4 nitrogen and oxygen atoms in total. The molecule has 4 heteroatoms. The van der Waals surface area contributed by atoms with Crippen molar-refractivity contribution in [2.45, 2.75) is 56.9 Å². The Balaban J connectivity index is 0.000000147. The Hall–Kier alpha value is -0.870. The van der Waals surface area contributed by atoms with Crippen LogP contribution < -0.4 is 10.2 Å². The summed E-state index contributed by atoms with van der Waals surface area (Å²) in [7, 11) is 0. The molecule has 0 N–H and O–H groups in total. The molecule has 0 amide bonds. The SMILES string of the molecule is C1CCC[N]CC1.c1nc(CC23CCC[N+]2CC3)co1. The summed E-state index contributed by atoms with van der Waals surface area (Å²) < 4.78 is 5.00. The highest BCUT2D eigenvalue weighted by molar-refractivity contribution is 5.13. The highest BCUT2D eigenvalue weighted by Gasteiger charge is 2.57. The monoisotopic (exact) mass is 276 g/mol. The highest BCUT2D eigenvalue weighted by atomic mass is 16.3. The largest absolute Gasteiger partial charge is 0.451 e. The average Bonchev–Trinajstić information content (AvgIpc) is 2.91. The minimum Gasteiger partial charge on any atom is -0.451 e. The molecule has 3 aliphatic rings. The number of hydrogen-bond donors (Lipinski definition) is 0. The van der Waals surface area contributed by atoms with Gasteiger partial charge in [0, 0.05) is 25.9 Å². The highest BCUT2D eigenvalue weighted by Crippen LogP contribution is 2.40. The van der Waals surface area contributed by atoms with Gasteiger partial charge in [0.05, 0.1) is 18.5 Å². The van der Waals surface area contributed by atoms with Crippen LogP contribution in [0.1, 0.15) is 50.6 Å². The van der Waals surface area contributed by atoms with Crippen LogP contribution in [0.25, 0.3) is 0 Å². The van der Waals surface area contributed by atoms with E-state index >= 15 is 0 Å². The van der Waals surface area contributed by atoms with Crippen molar-refractivity contribution in [1.29, 1.82) is 0 Å². The Morgan fingerprint density at radius 1 is 1.05 bits per heavy atom. The molecule has 0 aromatic carbocycles. The maximum atomic E-state index is 5.00. The molecular weight excluding hydrogens is 250 g/mol. The summed E-state index contributed by atoms with van der Waals surface area (Å²) in [6, 6.07) is 0. The average molecular weight is 276 g/mol. The summed E-state index contributed by atoms with van der Waals surface area (Å²) in [5.74, 6) is 0. The van der Waals surface area contributed by atoms with Crippen molar-refractivity contribution in [2.75, 3.05) is 26.2 Å². The summed E-state index contributed by atoms with van der Waals surface area (Å²) in [5, 5.41) is 4.27. The van der Waals surface area contributed by atoms with Gasteiger partial charge in [0.25, 0.3) is 0 Å². The molecule has 0 bridgehead atoms. The van der Waals surface area contributed by atoms with Crippen molar-refractivity contribution in [3.8, 4) is 0 Å². The molecular formula is C16H26N3O+. The molecule has 0 aliphatic carbocycles. The summed E-state index contributed by atoms with van der Waals surface area (Å²) in [6.07, 6.45) is 13.9. The molecule has 1 aromatic rings. The molecule has 1 unspecified atom stereocenters. The van der Waals surface area contributed by atoms with Crippen LogP contribution in [0.5, 0.6) is 0 Å². The van der Waals surface area contributed by atoms with Gasteiger partial charge in [-0.25, -0.2) is 10.3 Å². The number of rotatable bonds is 2. The van der Waals surface area contributed by atoms with E-state index in [1.54, 1.807) is 6.26 Å². The first kappa shape index (κ1) is 14.1. The minimum absolute atomic E-state index is 0.469. The van der Waals surface area contributed by atoms with Crippen molar-refractivity contribution in [3.05, 3.63) is 18.4 Å². The van der Waals surface area contributed by atoms with Crippen molar-refractivity contribution in [3.63, 3.8) is 0 Å². The Labute approximate surface area is 121 Å². The number of nitrogens with zero attached hydrogens (tertiary/aromatic N) is 3. The lowest BCUT2D eigenvalue weighted by Crippen LogP contribution is -2.61. The van der Waals surface area contributed by atoms with Gasteiger partial charge in [0.15, 0.2) is 11.9 Å². The van der Waals surface area contributed by atoms with E-state index in [-0.39, 0.29) is 0 Å². The van der Waals surface area contributed by atoms with Gasteiger partial charge in [-0.15, -0.1) is 0 Å². The lowest BCUT2D eigenvalue weighted by Gasteiger charge is -2.37. The number of oxazole rings is 1. The zero-order chi connectivity index (χ0) is 13.7. The Morgan fingerprint density at radius 3 is 2.50 bits per heavy atom. The Morgan fingerprint density at radius 2 is 1.90 bits per heavy atom. The molecule has 2 radical (unpaired) electrons. The van der Waals surface area contributed by atoms with Crippen LogP contribution in [0.15, 0.2) is 17.1 Å². The molecule has 0 saturated carbocycles. The second-order valence-electron chi connectivity index (χ2n) is 6.31. The van der Waals surface area contributed by atoms with Crippen LogP contribution in [0.3, 0.4) is 0 Å². The topological polar surface area (TPSA) is 46.0 Å². The van der Waals surface area contributed by atoms with Crippen LogP contribution in [0.4, 0.5) is 0 Å². The molecule has 20 heavy (non-hydrogen) atoms. The van der Waals surface area contributed by atoms with Crippen molar-refractivity contribution in [2.24, 2.45) is 0 Å². The molecule has 4 heterocycles. The van der Waals surface area contributed by atoms with Crippen molar-refractivity contribution in [1.82, 2.24) is 15.2 Å². The van der Waals surface area contributed by atoms with Crippen molar-refractivity contribution >= 4 is 0 Å². The van der Waals surface area contributed by atoms with E-state index in [0.717, 1.165) is 25.2 Å². The summed E-state index contributed by atoms with van der Waals surface area (Å²) in [4.78, 5) is 6.80. The Kier molecular flexibility index (Phi) is 4.73. The first-order chi connectivity index (χ1) is 9.89. The Bertz CT molecular complexity index is 373. The lowest BCUT2D eigenvalue weighted by molar-refractivity contribution is 0.121. The van der Waals surface area contributed by atoms with Gasteiger partial charge in [0.1, 0.15) is 19.4 Å². The fraction of sp³-hybridized carbons (Fsp3) is 0.812. The second kappa shape index (κ2) is 6.72. The molecule has 3 fully saturated rings. The van der Waals surface area contributed by atoms with Crippen LogP contribution >= 0.6 is 0 Å². The number of fused-ring (bicyclic) bond motifs is 1. The van der Waals surface area contributed by atoms with Crippen LogP contribution in [0.2, 0.25) is 0 Å². The number of hydrogen-bond acceptors (Lipinski definition) is 3.